The summed E-state index contributed by atoms with van der Waals surface area (Å²) in [5, 5.41) is 22.0. The van der Waals surface area contributed by atoms with E-state index in [1.807, 2.05) is 6.92 Å². The van der Waals surface area contributed by atoms with Gasteiger partial charge < -0.3 is 30.3 Å². The number of aliphatic hydroxyl groups excluding tert-OH is 2. The third-order valence-electron chi connectivity index (χ3n) is 1.42. The van der Waals surface area contributed by atoms with Gasteiger partial charge in [0.25, 0.3) is 0 Å². The zero-order chi connectivity index (χ0) is 13.8. The van der Waals surface area contributed by atoms with Crippen LogP contribution >= 0.6 is 0 Å². The minimum atomic E-state index is 0.198. The molecule has 0 aliphatic carbocycles. The van der Waals surface area contributed by atoms with E-state index in [1.54, 1.807) is 21.3 Å². The van der Waals surface area contributed by atoms with Crippen LogP contribution in [0.1, 0.15) is 6.92 Å². The number of ether oxygens (including phenoxy) is 2. The smallest absolute Gasteiger partial charge is 0.0587 e. The fourth-order valence-corrected chi connectivity index (χ4v) is 0.490. The lowest BCUT2D eigenvalue weighted by molar-refractivity contribution is 0.195. The molecule has 0 bridgehead atoms. The van der Waals surface area contributed by atoms with Gasteiger partial charge in [-0.2, -0.15) is 0 Å². The summed E-state index contributed by atoms with van der Waals surface area (Å²) in [6.07, 6.45) is 0. The summed E-state index contributed by atoms with van der Waals surface area (Å²) < 4.78 is 9.29. The van der Waals surface area contributed by atoms with Gasteiger partial charge in [-0.3, -0.25) is 0 Å². The van der Waals surface area contributed by atoms with Gasteiger partial charge in [0.1, 0.15) is 0 Å². The average molecular weight is 254 g/mol. The van der Waals surface area contributed by atoms with Crippen LogP contribution in [0.5, 0.6) is 0 Å². The molecule has 4 N–H and O–H groups in total. The third-order valence-corrected chi connectivity index (χ3v) is 1.42. The van der Waals surface area contributed by atoms with Crippen molar-refractivity contribution in [3.8, 4) is 0 Å². The molecule has 0 aromatic heterocycles. The highest BCUT2D eigenvalue weighted by atomic mass is 16.5. The molecular weight excluding hydrogens is 224 g/mol. The summed E-state index contributed by atoms with van der Waals surface area (Å²) in [5.41, 5.74) is 0. The Balaban J connectivity index is -0.000000188. The molecule has 0 heterocycles. The Morgan fingerprint density at radius 1 is 0.941 bits per heavy atom. The molecule has 0 saturated carbocycles. The second kappa shape index (κ2) is 29.7. The summed E-state index contributed by atoms with van der Waals surface area (Å²) in [4.78, 5) is 0. The number of aliphatic hydroxyl groups is 2. The molecule has 0 unspecified atom stereocenters. The van der Waals surface area contributed by atoms with Crippen LogP contribution in [0.15, 0.2) is 0 Å². The van der Waals surface area contributed by atoms with Gasteiger partial charge >= 0.3 is 0 Å². The van der Waals surface area contributed by atoms with E-state index in [0.717, 1.165) is 13.2 Å². The number of rotatable bonds is 8. The van der Waals surface area contributed by atoms with Crippen LogP contribution in [0, 0.1) is 0 Å². The Morgan fingerprint density at radius 2 is 1.47 bits per heavy atom. The molecule has 17 heavy (non-hydrogen) atoms. The van der Waals surface area contributed by atoms with Gasteiger partial charge in [-0.15, -0.1) is 0 Å². The van der Waals surface area contributed by atoms with Crippen LogP contribution in [0.4, 0.5) is 0 Å². The number of likely N-dealkylation sites (N-methyl/N-ethyl adjacent to an activating group) is 1. The first-order valence-electron chi connectivity index (χ1n) is 5.79. The Bertz CT molecular complexity index is 87.5. The maximum Gasteiger partial charge on any atom is 0.0587 e. The van der Waals surface area contributed by atoms with Crippen molar-refractivity contribution in [1.29, 1.82) is 0 Å². The molecule has 0 saturated heterocycles. The molecule has 0 rings (SSSR count). The minimum absolute atomic E-state index is 0.198. The summed E-state index contributed by atoms with van der Waals surface area (Å²) >= 11 is 0. The monoisotopic (exact) mass is 254 g/mol. The predicted octanol–water partition coefficient (Wildman–Crippen LogP) is -0.934. The van der Waals surface area contributed by atoms with Crippen LogP contribution in [-0.4, -0.2) is 77.5 Å². The van der Waals surface area contributed by atoms with Crippen LogP contribution in [0.25, 0.3) is 0 Å². The highest BCUT2D eigenvalue weighted by molar-refractivity contribution is 4.41. The van der Waals surface area contributed by atoms with Gasteiger partial charge in [0.2, 0.25) is 0 Å². The number of hydrogen-bond donors (Lipinski definition) is 4. The van der Waals surface area contributed by atoms with Crippen LogP contribution < -0.4 is 10.6 Å². The zero-order valence-corrected chi connectivity index (χ0v) is 11.7. The lowest BCUT2D eigenvalue weighted by atomic mass is 10.6. The molecule has 108 valence electrons. The number of hydrogen-bond acceptors (Lipinski definition) is 6. The lowest BCUT2D eigenvalue weighted by Gasteiger charge is -1.98. The topological polar surface area (TPSA) is 83.0 Å². The molecular formula is C11H30N2O4. The highest BCUT2D eigenvalue weighted by Gasteiger charge is 1.81. The Labute approximate surface area is 105 Å². The van der Waals surface area contributed by atoms with Gasteiger partial charge in [-0.05, 0) is 14.0 Å². The van der Waals surface area contributed by atoms with E-state index in [4.69, 9.17) is 14.9 Å². The molecule has 0 aliphatic rings. The Hall–Kier alpha value is -0.240. The summed E-state index contributed by atoms with van der Waals surface area (Å²) in [6.45, 7) is 6.08. The van der Waals surface area contributed by atoms with E-state index >= 15 is 0 Å². The van der Waals surface area contributed by atoms with Crippen LogP contribution in [-0.2, 0) is 9.47 Å². The molecule has 0 aromatic carbocycles. The quantitative estimate of drug-likeness (QED) is 0.419. The van der Waals surface area contributed by atoms with E-state index in [2.05, 4.69) is 15.4 Å². The third kappa shape index (κ3) is 49.6. The fourth-order valence-electron chi connectivity index (χ4n) is 0.490. The molecule has 0 amide bonds. The van der Waals surface area contributed by atoms with E-state index in [0.29, 0.717) is 19.7 Å². The van der Waals surface area contributed by atoms with Crippen molar-refractivity contribution in [1.82, 2.24) is 10.6 Å². The molecule has 0 aromatic rings. The second-order valence-electron chi connectivity index (χ2n) is 2.87. The first-order valence-corrected chi connectivity index (χ1v) is 5.79. The van der Waals surface area contributed by atoms with Crippen molar-refractivity contribution in [2.75, 3.05) is 67.3 Å². The maximum absolute atomic E-state index is 8.26. The average Bonchev–Trinajstić information content (AvgIpc) is 2.37. The van der Waals surface area contributed by atoms with Gasteiger partial charge in [0.05, 0.1) is 19.8 Å². The first kappa shape index (κ1) is 22.0. The van der Waals surface area contributed by atoms with Crippen molar-refractivity contribution >= 4 is 0 Å². The lowest BCUT2D eigenvalue weighted by Crippen LogP contribution is -2.22. The molecule has 6 nitrogen and oxygen atoms in total. The summed E-state index contributed by atoms with van der Waals surface area (Å²) in [6, 6.07) is 0. The normalized spacial score (nSPS) is 8.82. The SMILES string of the molecule is CCOC.CNCCO.COCCNCCO. The van der Waals surface area contributed by atoms with Gasteiger partial charge in [-0.1, -0.05) is 0 Å². The molecule has 0 spiro atoms. The molecule has 0 aliphatic heterocycles. The van der Waals surface area contributed by atoms with Crippen LogP contribution in [0.3, 0.4) is 0 Å². The zero-order valence-electron chi connectivity index (χ0n) is 11.7. The van der Waals surface area contributed by atoms with E-state index < -0.39 is 0 Å². The van der Waals surface area contributed by atoms with Gasteiger partial charge in [0.15, 0.2) is 0 Å². The van der Waals surface area contributed by atoms with E-state index in [-0.39, 0.29) is 13.2 Å². The largest absolute Gasteiger partial charge is 0.395 e. The van der Waals surface area contributed by atoms with Crippen molar-refractivity contribution in [2.24, 2.45) is 0 Å². The molecule has 6 heteroatoms. The number of nitrogens with one attached hydrogen (secondary N) is 2. The summed E-state index contributed by atoms with van der Waals surface area (Å²) in [7, 11) is 5.14. The molecule has 0 radical (unpaired) electrons. The van der Waals surface area contributed by atoms with Crippen molar-refractivity contribution < 1.29 is 19.7 Å². The number of methoxy groups -OCH3 is 2. The van der Waals surface area contributed by atoms with Crippen LogP contribution in [0.2, 0.25) is 0 Å². The van der Waals surface area contributed by atoms with Crippen molar-refractivity contribution in [3.63, 3.8) is 0 Å². The minimum Gasteiger partial charge on any atom is -0.395 e. The Morgan fingerprint density at radius 3 is 1.71 bits per heavy atom. The fraction of sp³-hybridized carbons (Fsp3) is 1.00. The first-order chi connectivity index (χ1) is 8.24. The Kier molecular flexibility index (Phi) is 38.4. The molecule has 0 fully saturated rings. The summed E-state index contributed by atoms with van der Waals surface area (Å²) in [5.74, 6) is 0. The van der Waals surface area contributed by atoms with Gasteiger partial charge in [-0.25, -0.2) is 0 Å². The van der Waals surface area contributed by atoms with E-state index in [1.165, 1.54) is 0 Å². The van der Waals surface area contributed by atoms with Gasteiger partial charge in [0, 0.05) is 40.5 Å². The van der Waals surface area contributed by atoms with Crippen molar-refractivity contribution in [2.45, 2.75) is 6.92 Å². The molecule has 0 atom stereocenters. The maximum atomic E-state index is 8.26. The van der Waals surface area contributed by atoms with E-state index in [9.17, 15) is 0 Å². The predicted molar refractivity (Wildman–Crippen MR) is 70.4 cm³/mol. The highest BCUT2D eigenvalue weighted by Crippen LogP contribution is 1.62. The van der Waals surface area contributed by atoms with Crippen molar-refractivity contribution in [3.05, 3.63) is 0 Å². The second-order valence-corrected chi connectivity index (χ2v) is 2.87. The standard InChI is InChI=1S/C5H13NO2.C3H9NO.C3H8O/c1-8-5-3-6-2-4-7;1-4-2-3-5;1-3-4-2/h6-7H,2-5H2,1H3;4-5H,2-3H2,1H3;3H2,1-2H3.